The Hall–Kier alpha value is -3.70. The lowest BCUT2D eigenvalue weighted by atomic mass is 10.1. The molecule has 1 aromatic carbocycles. The monoisotopic (exact) mass is 497 g/mol. The van der Waals surface area contributed by atoms with Gasteiger partial charge in [0.15, 0.2) is 17.3 Å². The van der Waals surface area contributed by atoms with Crippen LogP contribution in [-0.2, 0) is 24.3 Å². The number of carbonyl (C=O) groups excluding carboxylic acids is 2. The number of ether oxygens (including phenoxy) is 2. The normalized spacial score (nSPS) is 12.3. The minimum atomic E-state index is -0.555. The van der Waals surface area contributed by atoms with E-state index in [0.29, 0.717) is 28.1 Å². The zero-order chi connectivity index (χ0) is 23.8. The van der Waals surface area contributed by atoms with Crippen LogP contribution in [0.3, 0.4) is 0 Å². The maximum atomic E-state index is 13.2. The molecule has 0 aliphatic carbocycles. The van der Waals surface area contributed by atoms with Gasteiger partial charge >= 0.3 is 5.69 Å². The maximum absolute atomic E-state index is 13.2. The lowest BCUT2D eigenvalue weighted by Crippen LogP contribution is -2.41. The van der Waals surface area contributed by atoms with Crippen molar-refractivity contribution in [1.82, 2.24) is 9.13 Å². The van der Waals surface area contributed by atoms with Crippen molar-refractivity contribution < 1.29 is 19.1 Å². The Morgan fingerprint density at radius 3 is 2.59 bits per heavy atom. The van der Waals surface area contributed by atoms with Gasteiger partial charge in [-0.2, -0.15) is 0 Å². The fourth-order valence-corrected chi connectivity index (χ4v) is 5.37. The molecular formula is C23H19N3O6S2. The van der Waals surface area contributed by atoms with E-state index in [1.807, 2.05) is 17.5 Å². The van der Waals surface area contributed by atoms with Gasteiger partial charge in [-0.3, -0.25) is 23.5 Å². The Morgan fingerprint density at radius 2 is 1.85 bits per heavy atom. The highest BCUT2D eigenvalue weighted by molar-refractivity contribution is 7.17. The molecule has 34 heavy (non-hydrogen) atoms. The summed E-state index contributed by atoms with van der Waals surface area (Å²) in [6.45, 7) is 1.31. The Balaban J connectivity index is 1.47. The van der Waals surface area contributed by atoms with Gasteiger partial charge in [-0.1, -0.05) is 6.07 Å². The van der Waals surface area contributed by atoms with Crippen LogP contribution < -0.4 is 26.0 Å². The van der Waals surface area contributed by atoms with Gasteiger partial charge in [-0.05, 0) is 42.3 Å². The van der Waals surface area contributed by atoms with E-state index in [9.17, 15) is 19.2 Å². The molecule has 1 amide bonds. The maximum Gasteiger partial charge on any atom is 0.332 e. The fourth-order valence-electron chi connectivity index (χ4n) is 3.83. The minimum Gasteiger partial charge on any atom is -0.454 e. The number of nitrogens with one attached hydrogen (secondary N) is 1. The molecule has 0 atom stereocenters. The third-order valence-corrected chi connectivity index (χ3v) is 7.29. The van der Waals surface area contributed by atoms with Crippen molar-refractivity contribution >= 4 is 50.3 Å². The standard InChI is InChI=1S/C23H19N3O6S2/c1-13(27)15-9-18-19(32-12-31-18)10-16(15)24-20(28)11-26-17-5-8-34-21(17)22(29)25(23(26)30)6-4-14-3-2-7-33-14/h2-3,5,7-10H,4,6,11-12H2,1H3,(H,24,28). The molecule has 4 aromatic rings. The molecule has 11 heteroatoms. The van der Waals surface area contributed by atoms with Crippen molar-refractivity contribution in [3.8, 4) is 11.5 Å². The van der Waals surface area contributed by atoms with E-state index in [0.717, 1.165) is 4.88 Å². The van der Waals surface area contributed by atoms with Gasteiger partial charge in [0.05, 0.1) is 11.2 Å². The predicted molar refractivity (Wildman–Crippen MR) is 130 cm³/mol. The molecular weight excluding hydrogens is 478 g/mol. The molecule has 3 aromatic heterocycles. The van der Waals surface area contributed by atoms with Crippen LogP contribution in [0.2, 0.25) is 0 Å². The molecule has 1 aliphatic rings. The van der Waals surface area contributed by atoms with Crippen LogP contribution in [0, 0.1) is 0 Å². The van der Waals surface area contributed by atoms with Crippen LogP contribution in [0.5, 0.6) is 11.5 Å². The van der Waals surface area contributed by atoms with Gasteiger partial charge < -0.3 is 14.8 Å². The van der Waals surface area contributed by atoms with E-state index in [-0.39, 0.29) is 42.5 Å². The van der Waals surface area contributed by atoms with Crippen LogP contribution in [0.25, 0.3) is 10.2 Å². The number of rotatable bonds is 7. The Kier molecular flexibility index (Phi) is 5.80. The first-order valence-electron chi connectivity index (χ1n) is 10.4. The van der Waals surface area contributed by atoms with Crippen LogP contribution in [0.1, 0.15) is 22.2 Å². The number of thiophene rings is 2. The van der Waals surface area contributed by atoms with Crippen molar-refractivity contribution in [2.24, 2.45) is 0 Å². The number of anilines is 1. The molecule has 0 saturated heterocycles. The molecule has 0 bridgehead atoms. The third kappa shape index (κ3) is 4.03. The number of aryl methyl sites for hydroxylation is 1. The second-order valence-electron chi connectivity index (χ2n) is 7.65. The first kappa shape index (κ1) is 22.1. The van der Waals surface area contributed by atoms with Crippen molar-refractivity contribution in [3.05, 3.63) is 72.4 Å². The van der Waals surface area contributed by atoms with Gasteiger partial charge in [0.1, 0.15) is 11.2 Å². The summed E-state index contributed by atoms with van der Waals surface area (Å²) >= 11 is 2.78. The molecule has 1 N–H and O–H groups in total. The summed E-state index contributed by atoms with van der Waals surface area (Å²) in [4.78, 5) is 52.3. The van der Waals surface area contributed by atoms with Crippen molar-refractivity contribution in [2.45, 2.75) is 26.4 Å². The quantitative estimate of drug-likeness (QED) is 0.393. The molecule has 9 nitrogen and oxygen atoms in total. The summed E-state index contributed by atoms with van der Waals surface area (Å²) in [5, 5.41) is 6.36. The SMILES string of the molecule is CC(=O)c1cc2c(cc1NC(=O)Cn1c(=O)n(CCc3cccs3)c(=O)c3sccc31)OCO2. The average molecular weight is 498 g/mol. The second kappa shape index (κ2) is 8.92. The highest BCUT2D eigenvalue weighted by atomic mass is 32.1. The summed E-state index contributed by atoms with van der Waals surface area (Å²) < 4.78 is 13.5. The lowest BCUT2D eigenvalue weighted by Gasteiger charge is -2.14. The second-order valence-corrected chi connectivity index (χ2v) is 9.59. The summed E-state index contributed by atoms with van der Waals surface area (Å²) in [7, 11) is 0. The zero-order valence-corrected chi connectivity index (χ0v) is 19.7. The van der Waals surface area contributed by atoms with Gasteiger partial charge in [0.25, 0.3) is 5.56 Å². The van der Waals surface area contributed by atoms with Gasteiger partial charge in [0.2, 0.25) is 12.7 Å². The number of nitrogens with zero attached hydrogens (tertiary/aromatic N) is 2. The van der Waals surface area contributed by atoms with Crippen LogP contribution in [0.15, 0.2) is 50.7 Å². The summed E-state index contributed by atoms with van der Waals surface area (Å²) in [6.07, 6.45) is 0.537. The molecule has 1 aliphatic heterocycles. The average Bonchev–Trinajstić information content (AvgIpc) is 3.57. The van der Waals surface area contributed by atoms with Crippen LogP contribution in [-0.4, -0.2) is 27.6 Å². The molecule has 0 fully saturated rings. The number of aromatic nitrogens is 2. The van der Waals surface area contributed by atoms with E-state index >= 15 is 0 Å². The molecule has 4 heterocycles. The molecule has 174 valence electrons. The number of ketones is 1. The third-order valence-electron chi connectivity index (χ3n) is 5.47. The fraction of sp³-hybridized carbons (Fsp3) is 0.217. The largest absolute Gasteiger partial charge is 0.454 e. The van der Waals surface area contributed by atoms with Crippen molar-refractivity contribution in [2.75, 3.05) is 12.1 Å². The van der Waals surface area contributed by atoms with E-state index in [4.69, 9.17) is 9.47 Å². The Labute approximate surface area is 200 Å². The molecule has 0 radical (unpaired) electrons. The zero-order valence-electron chi connectivity index (χ0n) is 18.0. The van der Waals surface area contributed by atoms with E-state index in [1.54, 1.807) is 22.8 Å². The smallest absolute Gasteiger partial charge is 0.332 e. The Bertz CT molecular complexity index is 1530. The first-order valence-corrected chi connectivity index (χ1v) is 12.2. The van der Waals surface area contributed by atoms with Crippen LogP contribution in [0.4, 0.5) is 5.69 Å². The number of benzene rings is 1. The van der Waals surface area contributed by atoms with Crippen molar-refractivity contribution in [3.63, 3.8) is 0 Å². The summed E-state index contributed by atoms with van der Waals surface area (Å²) in [5.74, 6) is 0.0737. The van der Waals surface area contributed by atoms with Crippen molar-refractivity contribution in [1.29, 1.82) is 0 Å². The predicted octanol–water partition coefficient (Wildman–Crippen LogP) is 3.10. The lowest BCUT2D eigenvalue weighted by molar-refractivity contribution is -0.116. The molecule has 5 rings (SSSR count). The van der Waals surface area contributed by atoms with Crippen LogP contribution >= 0.6 is 22.7 Å². The number of amides is 1. The first-order chi connectivity index (χ1) is 16.4. The Morgan fingerprint density at radius 1 is 1.06 bits per heavy atom. The molecule has 0 saturated carbocycles. The molecule has 0 spiro atoms. The molecule has 0 unspecified atom stereocenters. The van der Waals surface area contributed by atoms with Gasteiger partial charge in [-0.25, -0.2) is 4.79 Å². The summed E-state index contributed by atoms with van der Waals surface area (Å²) in [5.41, 5.74) is 0.0202. The van der Waals surface area contributed by atoms with Gasteiger partial charge in [0, 0.05) is 23.1 Å². The number of hydrogen-bond acceptors (Lipinski definition) is 8. The number of Topliss-reactive ketones (excluding diaryl/α,β-unsaturated/α-hetero) is 1. The van der Waals surface area contributed by atoms with E-state index in [1.165, 1.54) is 39.5 Å². The highest BCUT2D eigenvalue weighted by Gasteiger charge is 2.22. The number of hydrogen-bond donors (Lipinski definition) is 1. The van der Waals surface area contributed by atoms with E-state index in [2.05, 4.69) is 5.32 Å². The van der Waals surface area contributed by atoms with E-state index < -0.39 is 11.6 Å². The summed E-state index contributed by atoms with van der Waals surface area (Å²) in [6, 6.07) is 8.57. The number of carbonyl (C=O) groups is 2. The number of fused-ring (bicyclic) bond motifs is 2. The minimum absolute atomic E-state index is 0.0304. The highest BCUT2D eigenvalue weighted by Crippen LogP contribution is 2.37. The van der Waals surface area contributed by atoms with Gasteiger partial charge in [-0.15, -0.1) is 22.7 Å². The topological polar surface area (TPSA) is 109 Å².